The van der Waals surface area contributed by atoms with E-state index in [1.807, 2.05) is 24.3 Å². The van der Waals surface area contributed by atoms with E-state index in [9.17, 15) is 0 Å². The van der Waals surface area contributed by atoms with Crippen LogP contribution in [0.5, 0.6) is 0 Å². The number of hydrogen-bond donors (Lipinski definition) is 0. The average molecular weight is 579 g/mol. The van der Waals surface area contributed by atoms with Crippen molar-refractivity contribution in [2.75, 3.05) is 0 Å². The molecule has 0 aromatic rings. The van der Waals surface area contributed by atoms with Crippen LogP contribution >= 0.6 is 0 Å². The van der Waals surface area contributed by atoms with Crippen LogP contribution in [0.25, 0.3) is 0 Å². The molecule has 4 atom stereocenters. The van der Waals surface area contributed by atoms with Gasteiger partial charge in [0.25, 0.3) is 0 Å². The molecule has 2 nitrogen and oxygen atoms in total. The van der Waals surface area contributed by atoms with E-state index in [-0.39, 0.29) is 23.4 Å². The average Bonchev–Trinajstić information content (AvgIpc) is 3.86. The van der Waals surface area contributed by atoms with E-state index < -0.39 is 49.1 Å². The van der Waals surface area contributed by atoms with E-state index in [2.05, 4.69) is 53.7 Å². The van der Waals surface area contributed by atoms with Crippen molar-refractivity contribution in [2.45, 2.75) is 118 Å². The molecule has 0 spiro atoms. The fraction of sp³-hybridized carbons (Fsp3) is 0.450. The van der Waals surface area contributed by atoms with Crippen LogP contribution in [0.1, 0.15) is 108 Å². The molecule has 2 heteroatoms. The molecule has 2 aliphatic heterocycles. The Kier molecular flexibility index (Phi) is 9.27. The first-order valence-electron chi connectivity index (χ1n) is 19.7. The molecule has 0 aromatic carbocycles. The van der Waals surface area contributed by atoms with Gasteiger partial charge in [0.1, 0.15) is 12.2 Å². The Hall–Kier alpha value is -2.94. The lowest BCUT2D eigenvalue weighted by molar-refractivity contribution is 0.303. The number of hydrogen-bond acceptors (Lipinski definition) is 2. The van der Waals surface area contributed by atoms with E-state index in [1.54, 1.807) is 26.0 Å². The Bertz CT molecular complexity index is 1510. The second-order valence-electron chi connectivity index (χ2n) is 11.9. The zero-order valence-corrected chi connectivity index (χ0v) is 26.7. The second-order valence-corrected chi connectivity index (χ2v) is 11.9. The minimum atomic E-state index is -2.83. The molecular weight excluding hydrogens is 512 g/mol. The van der Waals surface area contributed by atoms with Crippen LogP contribution in [0.2, 0.25) is 0 Å². The standard InChI is InChI=1S/C40H56O2/c1-31(2)17-15-29-39(9)37(41-39)27-25-35(7)23-13-21-33(5)19-11-12-20-34(6)22-14-24-36(8)26-28-38-40(10,42-38)30-16-18-32(3)4/h11-14,17-28,37-38H,15-16,29-30H2,1-10H3/b12-11+,21-13+,22-14+,27-25+,28-26+,33-19+,34-20+,35-23+,36-24+/i5D3,6D3,19D,20D,21D,22D. The molecule has 42 heavy (non-hydrogen) atoms. The van der Waals surface area contributed by atoms with Crippen molar-refractivity contribution in [1.29, 1.82) is 0 Å². The Labute approximate surface area is 272 Å². The smallest absolute Gasteiger partial charge is 0.105 e. The summed E-state index contributed by atoms with van der Waals surface area (Å²) in [6, 6.07) is -1.96. The monoisotopic (exact) mass is 578 g/mol. The van der Waals surface area contributed by atoms with Gasteiger partial charge in [-0.1, -0.05) is 131 Å². The molecule has 0 aromatic heterocycles. The molecule has 2 rings (SSSR count). The summed E-state index contributed by atoms with van der Waals surface area (Å²) in [6.45, 7) is 10.3. The third-order valence-corrected chi connectivity index (χ3v) is 7.02. The molecule has 0 aliphatic carbocycles. The van der Waals surface area contributed by atoms with Crippen LogP contribution in [-0.2, 0) is 9.47 Å². The molecule has 2 aliphatic rings. The van der Waals surface area contributed by atoms with Crippen molar-refractivity contribution in [3.05, 3.63) is 131 Å². The summed E-state index contributed by atoms with van der Waals surface area (Å²) in [5, 5.41) is 0. The first-order valence-corrected chi connectivity index (χ1v) is 14.7. The van der Waals surface area contributed by atoms with E-state index in [1.165, 1.54) is 23.3 Å². The molecule has 0 radical (unpaired) electrons. The van der Waals surface area contributed by atoms with Gasteiger partial charge >= 0.3 is 0 Å². The summed E-state index contributed by atoms with van der Waals surface area (Å²) < 4.78 is 93.3. The number of epoxide rings is 2. The van der Waals surface area contributed by atoms with Crippen molar-refractivity contribution in [3.63, 3.8) is 0 Å². The Morgan fingerprint density at radius 3 is 1.40 bits per heavy atom. The van der Waals surface area contributed by atoms with Crippen LogP contribution in [0.4, 0.5) is 0 Å². The number of rotatable bonds is 16. The van der Waals surface area contributed by atoms with Crippen LogP contribution in [0, 0.1) is 0 Å². The largest absolute Gasteiger partial charge is 0.362 e. The number of ether oxygens (including phenoxy) is 2. The minimum Gasteiger partial charge on any atom is -0.362 e. The third-order valence-electron chi connectivity index (χ3n) is 7.02. The third kappa shape index (κ3) is 14.3. The molecule has 228 valence electrons. The molecule has 4 unspecified atom stereocenters. The van der Waals surface area contributed by atoms with Gasteiger partial charge in [-0.3, -0.25) is 0 Å². The number of allylic oxidation sites excluding steroid dienone is 20. The highest BCUT2D eigenvalue weighted by Gasteiger charge is 2.50. The fourth-order valence-corrected chi connectivity index (χ4v) is 4.13. The summed E-state index contributed by atoms with van der Waals surface area (Å²) in [4.78, 5) is 0. The first-order chi connectivity index (χ1) is 23.9. The quantitative estimate of drug-likeness (QED) is 0.103. The molecule has 0 N–H and O–H groups in total. The molecule has 2 fully saturated rings. The van der Waals surface area contributed by atoms with Gasteiger partial charge in [-0.25, -0.2) is 0 Å². The van der Waals surface area contributed by atoms with Crippen LogP contribution < -0.4 is 0 Å². The predicted molar refractivity (Wildman–Crippen MR) is 185 cm³/mol. The summed E-state index contributed by atoms with van der Waals surface area (Å²) in [5.74, 6) is 0. The molecule has 2 saturated heterocycles. The van der Waals surface area contributed by atoms with Crippen molar-refractivity contribution in [1.82, 2.24) is 0 Å². The fourth-order valence-electron chi connectivity index (χ4n) is 4.13. The van der Waals surface area contributed by atoms with Crippen molar-refractivity contribution >= 4 is 0 Å². The van der Waals surface area contributed by atoms with Gasteiger partial charge in [0.05, 0.1) is 16.7 Å². The Balaban J connectivity index is 2.26. The van der Waals surface area contributed by atoms with Gasteiger partial charge in [0.15, 0.2) is 0 Å². The van der Waals surface area contributed by atoms with Gasteiger partial charge in [-0.05, 0) is 94.8 Å². The van der Waals surface area contributed by atoms with Gasteiger partial charge in [-0.15, -0.1) is 0 Å². The van der Waals surface area contributed by atoms with Crippen molar-refractivity contribution in [2.24, 2.45) is 0 Å². The zero-order chi connectivity index (χ0) is 39.7. The highest BCUT2D eigenvalue weighted by atomic mass is 16.6. The van der Waals surface area contributed by atoms with Crippen molar-refractivity contribution in [3.8, 4) is 0 Å². The topological polar surface area (TPSA) is 25.1 Å². The lowest BCUT2D eigenvalue weighted by Crippen LogP contribution is -2.07. The van der Waals surface area contributed by atoms with Gasteiger partial charge in [-0.2, -0.15) is 0 Å². The van der Waals surface area contributed by atoms with Crippen LogP contribution in [0.15, 0.2) is 131 Å². The summed E-state index contributed by atoms with van der Waals surface area (Å²) in [7, 11) is 0. The summed E-state index contributed by atoms with van der Waals surface area (Å²) >= 11 is 0. The predicted octanol–water partition coefficient (Wildman–Crippen LogP) is 11.4. The minimum absolute atomic E-state index is 0.0339. The van der Waals surface area contributed by atoms with E-state index in [0.717, 1.165) is 49.0 Å². The SMILES string of the molecule is [2H]C(=C\C=C(C)\C=C\C1OC1(C)CCC=C(C)C)/C(=C([2H])/C=C/C([2H])=C(/C([2H])=C/C=C(C)/C=C/C1OC1(C)CCC=C(C)C)C([2H])([2H])[2H])C([2H])([2H])[2H]. The lowest BCUT2D eigenvalue weighted by atomic mass is 10.00. The van der Waals surface area contributed by atoms with Crippen LogP contribution in [-0.4, -0.2) is 23.4 Å². The molecule has 2 heterocycles. The van der Waals surface area contributed by atoms with Crippen LogP contribution in [0.3, 0.4) is 0 Å². The van der Waals surface area contributed by atoms with E-state index >= 15 is 0 Å². The van der Waals surface area contributed by atoms with Gasteiger partial charge in [0, 0.05) is 8.22 Å². The first kappa shape index (κ1) is 22.6. The maximum Gasteiger partial charge on any atom is 0.105 e. The summed E-state index contributed by atoms with van der Waals surface area (Å²) in [5.41, 5.74) is 2.46. The van der Waals surface area contributed by atoms with E-state index in [4.69, 9.17) is 23.2 Å². The van der Waals surface area contributed by atoms with Gasteiger partial charge in [0.2, 0.25) is 0 Å². The Morgan fingerprint density at radius 1 is 0.643 bits per heavy atom. The molecule has 0 saturated carbocycles. The highest BCUT2D eigenvalue weighted by Crippen LogP contribution is 2.42. The maximum atomic E-state index is 8.46. The normalized spacial score (nSPS) is 32.3. The summed E-state index contributed by atoms with van der Waals surface area (Å²) in [6.07, 6.45) is 23.2. The lowest BCUT2D eigenvalue weighted by Gasteiger charge is -2.02. The second kappa shape index (κ2) is 17.2. The van der Waals surface area contributed by atoms with E-state index in [0.29, 0.717) is 0 Å². The molecule has 0 amide bonds. The molecule has 0 bridgehead atoms. The Morgan fingerprint density at radius 2 is 1.05 bits per heavy atom. The maximum absolute atomic E-state index is 8.46. The highest BCUT2D eigenvalue weighted by molar-refractivity contribution is 5.32. The zero-order valence-electron chi connectivity index (χ0n) is 36.7. The van der Waals surface area contributed by atoms with Crippen molar-refractivity contribution < 1.29 is 23.2 Å². The van der Waals surface area contributed by atoms with Gasteiger partial charge < -0.3 is 9.47 Å². The molecular formula is C40H56O2.